The zero-order valence-corrected chi connectivity index (χ0v) is 12.7. The number of hydrogen-bond acceptors (Lipinski definition) is 2. The van der Waals surface area contributed by atoms with Crippen LogP contribution in [-0.2, 0) is 6.54 Å². The van der Waals surface area contributed by atoms with Crippen LogP contribution in [0.5, 0.6) is 0 Å². The minimum atomic E-state index is 0.141. The molecule has 0 aromatic heterocycles. The Bertz CT molecular complexity index is 358. The summed E-state index contributed by atoms with van der Waals surface area (Å²) in [4.78, 5) is 1.19. The van der Waals surface area contributed by atoms with E-state index in [4.69, 9.17) is 11.6 Å². The van der Waals surface area contributed by atoms with Gasteiger partial charge in [-0.2, -0.15) is 0 Å². The van der Waals surface area contributed by atoms with E-state index in [0.717, 1.165) is 17.3 Å². The quantitative estimate of drug-likeness (QED) is 0.777. The second-order valence-corrected chi connectivity index (χ2v) is 6.76. The first-order valence-electron chi connectivity index (χ1n) is 6.08. The summed E-state index contributed by atoms with van der Waals surface area (Å²) in [6.45, 7) is 9.55. The van der Waals surface area contributed by atoms with Crippen molar-refractivity contribution in [1.82, 2.24) is 5.32 Å². The monoisotopic (exact) mass is 271 g/mol. The predicted octanol–water partition coefficient (Wildman–Crippen LogP) is 4.73. The highest BCUT2D eigenvalue weighted by Crippen LogP contribution is 2.28. The lowest BCUT2D eigenvalue weighted by Gasteiger charge is -2.20. The highest BCUT2D eigenvalue weighted by atomic mass is 35.5. The van der Waals surface area contributed by atoms with Crippen molar-refractivity contribution in [1.29, 1.82) is 0 Å². The highest BCUT2D eigenvalue weighted by Gasteiger charge is 2.09. The Morgan fingerprint density at radius 1 is 1.29 bits per heavy atom. The minimum Gasteiger partial charge on any atom is -0.308 e. The molecule has 0 spiro atoms. The maximum Gasteiger partial charge on any atom is 0.0545 e. The van der Waals surface area contributed by atoms with Crippen LogP contribution in [0.25, 0.3) is 0 Å². The van der Waals surface area contributed by atoms with Gasteiger partial charge in [-0.3, -0.25) is 0 Å². The molecule has 0 radical (unpaired) electrons. The van der Waals surface area contributed by atoms with Gasteiger partial charge >= 0.3 is 0 Å². The van der Waals surface area contributed by atoms with Crippen LogP contribution >= 0.6 is 23.4 Å². The van der Waals surface area contributed by atoms with E-state index < -0.39 is 0 Å². The molecule has 0 atom stereocenters. The van der Waals surface area contributed by atoms with Crippen LogP contribution in [0.15, 0.2) is 23.1 Å². The van der Waals surface area contributed by atoms with Crippen molar-refractivity contribution < 1.29 is 0 Å². The fourth-order valence-corrected chi connectivity index (χ4v) is 2.50. The van der Waals surface area contributed by atoms with Crippen LogP contribution in [0, 0.1) is 0 Å². The molecule has 0 unspecified atom stereocenters. The standard InChI is InChI=1S/C14H22ClNS/c1-5-8-17-13-7-6-11(9-12(13)15)10-16-14(2,3)4/h6-7,9,16H,5,8,10H2,1-4H3. The van der Waals surface area contributed by atoms with Crippen LogP contribution in [0.2, 0.25) is 5.02 Å². The fraction of sp³-hybridized carbons (Fsp3) is 0.571. The predicted molar refractivity (Wildman–Crippen MR) is 79.1 cm³/mol. The van der Waals surface area contributed by atoms with Crippen LogP contribution in [-0.4, -0.2) is 11.3 Å². The molecule has 0 aliphatic carbocycles. The van der Waals surface area contributed by atoms with E-state index in [-0.39, 0.29) is 5.54 Å². The number of hydrogen-bond donors (Lipinski definition) is 1. The Kier molecular flexibility index (Phi) is 5.84. The molecule has 0 amide bonds. The van der Waals surface area contributed by atoms with Gasteiger partial charge in [-0.05, 0) is 50.6 Å². The molecule has 1 N–H and O–H groups in total. The van der Waals surface area contributed by atoms with Gasteiger partial charge in [0.25, 0.3) is 0 Å². The lowest BCUT2D eigenvalue weighted by atomic mass is 10.1. The van der Waals surface area contributed by atoms with Crippen molar-refractivity contribution in [2.75, 3.05) is 5.75 Å². The number of nitrogens with one attached hydrogen (secondary N) is 1. The van der Waals surface area contributed by atoms with Gasteiger partial charge in [-0.25, -0.2) is 0 Å². The first kappa shape index (κ1) is 14.9. The second kappa shape index (κ2) is 6.67. The Morgan fingerprint density at radius 2 is 2.00 bits per heavy atom. The number of rotatable bonds is 5. The largest absolute Gasteiger partial charge is 0.308 e. The van der Waals surface area contributed by atoms with Gasteiger partial charge in [0.2, 0.25) is 0 Å². The molecule has 0 heterocycles. The van der Waals surface area contributed by atoms with Gasteiger partial charge in [-0.15, -0.1) is 11.8 Å². The third-order valence-electron chi connectivity index (χ3n) is 2.28. The van der Waals surface area contributed by atoms with Crippen LogP contribution in [0.3, 0.4) is 0 Å². The molecule has 1 nitrogen and oxygen atoms in total. The third-order valence-corrected chi connectivity index (χ3v) is 3.98. The number of thioether (sulfide) groups is 1. The van der Waals surface area contributed by atoms with Crippen LogP contribution in [0.4, 0.5) is 0 Å². The zero-order chi connectivity index (χ0) is 12.9. The topological polar surface area (TPSA) is 12.0 Å². The summed E-state index contributed by atoms with van der Waals surface area (Å²) in [7, 11) is 0. The lowest BCUT2D eigenvalue weighted by molar-refractivity contribution is 0.424. The molecular formula is C14H22ClNS. The molecule has 0 fully saturated rings. The molecule has 0 aliphatic rings. The Morgan fingerprint density at radius 3 is 2.53 bits per heavy atom. The second-order valence-electron chi connectivity index (χ2n) is 5.22. The maximum atomic E-state index is 6.27. The summed E-state index contributed by atoms with van der Waals surface area (Å²) in [5, 5.41) is 4.33. The first-order chi connectivity index (χ1) is 7.92. The summed E-state index contributed by atoms with van der Waals surface area (Å²) >= 11 is 8.09. The van der Waals surface area contributed by atoms with Crippen molar-refractivity contribution in [3.8, 4) is 0 Å². The molecule has 0 saturated carbocycles. The SMILES string of the molecule is CCCSc1ccc(CNC(C)(C)C)cc1Cl. The number of benzene rings is 1. The highest BCUT2D eigenvalue weighted by molar-refractivity contribution is 7.99. The summed E-state index contributed by atoms with van der Waals surface area (Å²) in [6.07, 6.45) is 1.17. The van der Waals surface area contributed by atoms with Crippen molar-refractivity contribution in [3.05, 3.63) is 28.8 Å². The molecule has 1 rings (SSSR count). The van der Waals surface area contributed by atoms with Crippen molar-refractivity contribution in [2.24, 2.45) is 0 Å². The van der Waals surface area contributed by atoms with E-state index >= 15 is 0 Å². The molecule has 3 heteroatoms. The average Bonchev–Trinajstić information content (AvgIpc) is 2.24. The molecule has 1 aromatic rings. The van der Waals surface area contributed by atoms with E-state index in [1.54, 1.807) is 0 Å². The zero-order valence-electron chi connectivity index (χ0n) is 11.1. The van der Waals surface area contributed by atoms with Crippen molar-refractivity contribution in [2.45, 2.75) is 51.1 Å². The van der Waals surface area contributed by atoms with Gasteiger partial charge in [-0.1, -0.05) is 24.6 Å². The van der Waals surface area contributed by atoms with Crippen molar-refractivity contribution in [3.63, 3.8) is 0 Å². The van der Waals surface area contributed by atoms with E-state index in [2.05, 4.69) is 51.2 Å². The summed E-state index contributed by atoms with van der Waals surface area (Å²) in [5.74, 6) is 1.12. The van der Waals surface area contributed by atoms with E-state index in [1.807, 2.05) is 11.8 Å². The van der Waals surface area contributed by atoms with Crippen LogP contribution < -0.4 is 5.32 Å². The van der Waals surface area contributed by atoms with Crippen molar-refractivity contribution >= 4 is 23.4 Å². The van der Waals surface area contributed by atoms with E-state index in [0.29, 0.717) is 0 Å². The Balaban J connectivity index is 2.62. The molecule has 0 aliphatic heterocycles. The third kappa shape index (κ3) is 5.80. The van der Waals surface area contributed by atoms with Crippen LogP contribution in [0.1, 0.15) is 39.7 Å². The fourth-order valence-electron chi connectivity index (χ4n) is 1.35. The molecule has 0 bridgehead atoms. The average molecular weight is 272 g/mol. The minimum absolute atomic E-state index is 0.141. The van der Waals surface area contributed by atoms with Gasteiger partial charge in [0.05, 0.1) is 5.02 Å². The summed E-state index contributed by atoms with van der Waals surface area (Å²) < 4.78 is 0. The molecular weight excluding hydrogens is 250 g/mol. The molecule has 96 valence electrons. The van der Waals surface area contributed by atoms with Gasteiger partial charge in [0.1, 0.15) is 0 Å². The maximum absolute atomic E-state index is 6.27. The first-order valence-corrected chi connectivity index (χ1v) is 7.45. The Hall–Kier alpha value is -0.180. The smallest absolute Gasteiger partial charge is 0.0545 e. The lowest BCUT2D eigenvalue weighted by Crippen LogP contribution is -2.35. The van der Waals surface area contributed by atoms with Gasteiger partial charge in [0, 0.05) is 17.0 Å². The summed E-state index contributed by atoms with van der Waals surface area (Å²) in [6, 6.07) is 6.35. The molecule has 17 heavy (non-hydrogen) atoms. The van der Waals surface area contributed by atoms with E-state index in [9.17, 15) is 0 Å². The number of halogens is 1. The molecule has 1 aromatic carbocycles. The van der Waals surface area contributed by atoms with E-state index in [1.165, 1.54) is 16.9 Å². The van der Waals surface area contributed by atoms with Gasteiger partial charge in [0.15, 0.2) is 0 Å². The molecule has 0 saturated heterocycles. The van der Waals surface area contributed by atoms with Gasteiger partial charge < -0.3 is 5.32 Å². The summed E-state index contributed by atoms with van der Waals surface area (Å²) in [5.41, 5.74) is 1.38. The Labute approximate surface area is 114 Å². The normalized spacial score (nSPS) is 11.8.